The van der Waals surface area contributed by atoms with Crippen molar-refractivity contribution in [3.63, 3.8) is 0 Å². The van der Waals surface area contributed by atoms with Crippen molar-refractivity contribution in [1.82, 2.24) is 4.98 Å². The van der Waals surface area contributed by atoms with Gasteiger partial charge >= 0.3 is 0 Å². The van der Waals surface area contributed by atoms with Crippen LogP contribution in [0, 0.1) is 0 Å². The van der Waals surface area contributed by atoms with Crippen LogP contribution in [-0.4, -0.2) is 10.8 Å². The van der Waals surface area contributed by atoms with Crippen LogP contribution >= 0.6 is 0 Å². The van der Waals surface area contributed by atoms with Crippen LogP contribution in [0.4, 0.5) is 0 Å². The van der Waals surface area contributed by atoms with Crippen LogP contribution in [0.3, 0.4) is 0 Å². The largest absolute Gasteiger partial charge is 0.294 e. The average Bonchev–Trinajstić information content (AvgIpc) is 2.05. The van der Waals surface area contributed by atoms with Crippen LogP contribution in [0.5, 0.6) is 0 Å². The maximum Gasteiger partial charge on any atom is 0.161 e. The number of hydrogen-bond acceptors (Lipinski definition) is 2. The highest BCUT2D eigenvalue weighted by atomic mass is 16.1. The second-order valence-electron chi connectivity index (χ2n) is 2.27. The molecule has 0 aliphatic rings. The smallest absolute Gasteiger partial charge is 0.161 e. The van der Waals surface area contributed by atoms with Crippen molar-refractivity contribution in [1.29, 1.82) is 0 Å². The molecule has 0 N–H and O–H groups in total. The van der Waals surface area contributed by atoms with E-state index in [1.165, 1.54) is 6.92 Å². The van der Waals surface area contributed by atoms with E-state index in [1.54, 1.807) is 24.5 Å². The molecular formula is C9H9NO. The van der Waals surface area contributed by atoms with Gasteiger partial charge in [-0.1, -0.05) is 12.7 Å². The normalized spacial score (nSPS) is 9.18. The summed E-state index contributed by atoms with van der Waals surface area (Å²) in [6.07, 6.45) is 4.88. The van der Waals surface area contributed by atoms with Crippen molar-refractivity contribution in [2.75, 3.05) is 0 Å². The molecule has 2 nitrogen and oxygen atoms in total. The second-order valence-corrected chi connectivity index (χ2v) is 2.27. The fourth-order valence-corrected chi connectivity index (χ4v) is 0.762. The Bertz CT molecular complexity index is 291. The van der Waals surface area contributed by atoms with E-state index in [-0.39, 0.29) is 5.78 Å². The third kappa shape index (κ3) is 1.74. The van der Waals surface area contributed by atoms with E-state index < -0.39 is 0 Å². The molecule has 1 aromatic rings. The number of hydrogen-bond donors (Lipinski definition) is 0. The highest BCUT2D eigenvalue weighted by molar-refractivity contribution is 5.94. The zero-order chi connectivity index (χ0) is 8.27. The first-order valence-corrected chi connectivity index (χ1v) is 3.32. The van der Waals surface area contributed by atoms with Crippen LogP contribution in [0.25, 0.3) is 6.08 Å². The molecule has 0 amide bonds. The molecule has 0 bridgehead atoms. The van der Waals surface area contributed by atoms with E-state index >= 15 is 0 Å². The zero-order valence-electron chi connectivity index (χ0n) is 6.37. The highest BCUT2D eigenvalue weighted by Crippen LogP contribution is 2.03. The van der Waals surface area contributed by atoms with E-state index in [9.17, 15) is 4.79 Å². The van der Waals surface area contributed by atoms with Crippen molar-refractivity contribution in [2.45, 2.75) is 6.92 Å². The minimum Gasteiger partial charge on any atom is -0.294 e. The summed E-state index contributed by atoms with van der Waals surface area (Å²) < 4.78 is 0. The number of carbonyl (C=O) groups excluding carboxylic acids is 1. The quantitative estimate of drug-likeness (QED) is 0.598. The van der Waals surface area contributed by atoms with Gasteiger partial charge in [0.2, 0.25) is 0 Å². The molecule has 1 rings (SSSR count). The van der Waals surface area contributed by atoms with Crippen LogP contribution in [0.2, 0.25) is 0 Å². The topological polar surface area (TPSA) is 30.0 Å². The lowest BCUT2D eigenvalue weighted by molar-refractivity contribution is 0.101. The minimum atomic E-state index is 0.0289. The van der Waals surface area contributed by atoms with E-state index in [0.717, 1.165) is 5.56 Å². The highest BCUT2D eigenvalue weighted by Gasteiger charge is 1.97. The Morgan fingerprint density at radius 3 is 2.91 bits per heavy atom. The molecule has 1 heterocycles. The summed E-state index contributed by atoms with van der Waals surface area (Å²) in [4.78, 5) is 14.7. The summed E-state index contributed by atoms with van der Waals surface area (Å²) in [7, 11) is 0. The van der Waals surface area contributed by atoms with Crippen LogP contribution in [0.1, 0.15) is 22.8 Å². The van der Waals surface area contributed by atoms with Gasteiger partial charge < -0.3 is 0 Å². The summed E-state index contributed by atoms with van der Waals surface area (Å²) in [6.45, 7) is 5.10. The third-order valence-electron chi connectivity index (χ3n) is 1.40. The molecule has 0 saturated carbocycles. The van der Waals surface area contributed by atoms with Gasteiger partial charge in [0.05, 0.1) is 0 Å². The van der Waals surface area contributed by atoms with Crippen molar-refractivity contribution in [2.24, 2.45) is 0 Å². The van der Waals surface area contributed by atoms with Crippen LogP contribution in [0.15, 0.2) is 25.0 Å². The Labute approximate surface area is 65.6 Å². The summed E-state index contributed by atoms with van der Waals surface area (Å²) >= 11 is 0. The standard InChI is InChI=1S/C9H9NO/c1-3-8-4-9(7(2)11)6-10-5-8/h3-6H,1H2,2H3. The Morgan fingerprint density at radius 2 is 2.36 bits per heavy atom. The van der Waals surface area contributed by atoms with Gasteiger partial charge in [-0.15, -0.1) is 0 Å². The van der Waals surface area contributed by atoms with Gasteiger partial charge in [-0.05, 0) is 18.6 Å². The van der Waals surface area contributed by atoms with E-state index in [0.29, 0.717) is 5.56 Å². The average molecular weight is 147 g/mol. The van der Waals surface area contributed by atoms with Crippen LogP contribution in [-0.2, 0) is 0 Å². The molecule has 0 aromatic carbocycles. The van der Waals surface area contributed by atoms with E-state index in [2.05, 4.69) is 11.6 Å². The predicted molar refractivity (Wildman–Crippen MR) is 44.3 cm³/mol. The van der Waals surface area contributed by atoms with Crippen LogP contribution < -0.4 is 0 Å². The Kier molecular flexibility index (Phi) is 2.16. The lowest BCUT2D eigenvalue weighted by Crippen LogP contribution is -1.92. The van der Waals surface area contributed by atoms with Gasteiger partial charge in [0, 0.05) is 18.0 Å². The first kappa shape index (κ1) is 7.66. The fourth-order valence-electron chi connectivity index (χ4n) is 0.762. The van der Waals surface area contributed by atoms with E-state index in [4.69, 9.17) is 0 Å². The number of aromatic nitrogens is 1. The number of ketones is 1. The Morgan fingerprint density at radius 1 is 1.64 bits per heavy atom. The van der Waals surface area contributed by atoms with E-state index in [1.807, 2.05) is 0 Å². The predicted octanol–water partition coefficient (Wildman–Crippen LogP) is 1.93. The lowest BCUT2D eigenvalue weighted by atomic mass is 10.1. The molecule has 0 spiro atoms. The first-order chi connectivity index (χ1) is 5.24. The molecular weight excluding hydrogens is 138 g/mol. The van der Waals surface area contributed by atoms with Crippen molar-refractivity contribution in [3.05, 3.63) is 36.2 Å². The van der Waals surface area contributed by atoms with Gasteiger partial charge in [0.25, 0.3) is 0 Å². The second kappa shape index (κ2) is 3.10. The summed E-state index contributed by atoms with van der Waals surface area (Å²) in [5.41, 5.74) is 1.50. The molecule has 0 atom stereocenters. The number of pyridine rings is 1. The molecule has 0 unspecified atom stereocenters. The van der Waals surface area contributed by atoms with Gasteiger partial charge in [-0.25, -0.2) is 0 Å². The van der Waals surface area contributed by atoms with Gasteiger partial charge in [-0.2, -0.15) is 0 Å². The summed E-state index contributed by atoms with van der Waals surface area (Å²) in [5.74, 6) is 0.0289. The number of Topliss-reactive ketones (excluding diaryl/α,β-unsaturated/α-hetero) is 1. The molecule has 2 heteroatoms. The molecule has 11 heavy (non-hydrogen) atoms. The minimum absolute atomic E-state index is 0.0289. The van der Waals surface area contributed by atoms with Crippen molar-refractivity contribution >= 4 is 11.9 Å². The number of nitrogens with zero attached hydrogens (tertiary/aromatic N) is 1. The number of carbonyl (C=O) groups is 1. The van der Waals surface area contributed by atoms with Crippen molar-refractivity contribution in [3.8, 4) is 0 Å². The Hall–Kier alpha value is -1.44. The van der Waals surface area contributed by atoms with Gasteiger partial charge in [0.1, 0.15) is 0 Å². The number of rotatable bonds is 2. The molecule has 56 valence electrons. The first-order valence-electron chi connectivity index (χ1n) is 3.32. The van der Waals surface area contributed by atoms with Gasteiger partial charge in [-0.3, -0.25) is 9.78 Å². The third-order valence-corrected chi connectivity index (χ3v) is 1.40. The maximum absolute atomic E-state index is 10.8. The fraction of sp³-hybridized carbons (Fsp3) is 0.111. The maximum atomic E-state index is 10.8. The molecule has 0 fully saturated rings. The van der Waals surface area contributed by atoms with Gasteiger partial charge in [0.15, 0.2) is 5.78 Å². The summed E-state index contributed by atoms with van der Waals surface area (Å²) in [6, 6.07) is 1.77. The molecule has 0 aliphatic heterocycles. The SMILES string of the molecule is C=Cc1cncc(C(C)=O)c1. The zero-order valence-corrected chi connectivity index (χ0v) is 6.37. The Balaban J connectivity index is 3.10. The monoisotopic (exact) mass is 147 g/mol. The molecule has 0 radical (unpaired) electrons. The molecule has 0 aliphatic carbocycles. The molecule has 1 aromatic heterocycles. The van der Waals surface area contributed by atoms with Crippen molar-refractivity contribution < 1.29 is 4.79 Å². The lowest BCUT2D eigenvalue weighted by Gasteiger charge is -1.94. The summed E-state index contributed by atoms with van der Waals surface area (Å²) in [5, 5.41) is 0. The molecule has 0 saturated heterocycles.